The second-order valence-corrected chi connectivity index (χ2v) is 4.84. The Balaban J connectivity index is 1.96. The zero-order valence-electron chi connectivity index (χ0n) is 10.4. The fraction of sp³-hybridized carbons (Fsp3) is 0.571. The minimum Gasteiger partial charge on any atom is -0.497 e. The molecule has 0 aliphatic heterocycles. The van der Waals surface area contributed by atoms with Gasteiger partial charge in [0.2, 0.25) is 0 Å². The summed E-state index contributed by atoms with van der Waals surface area (Å²) in [7, 11) is 3.93. The van der Waals surface area contributed by atoms with E-state index in [1.54, 1.807) is 7.11 Å². The average Bonchev–Trinajstić information content (AvgIpc) is 3.12. The molecule has 1 atom stereocenters. The fourth-order valence-electron chi connectivity index (χ4n) is 2.14. The van der Waals surface area contributed by atoms with E-state index >= 15 is 0 Å². The minimum absolute atomic E-state index is 0.700. The van der Waals surface area contributed by atoms with Crippen LogP contribution in [0.1, 0.15) is 25.3 Å². The van der Waals surface area contributed by atoms with Gasteiger partial charge in [-0.3, -0.25) is 4.90 Å². The molecule has 1 aliphatic carbocycles. The zero-order valence-corrected chi connectivity index (χ0v) is 10.4. The van der Waals surface area contributed by atoms with Crippen LogP contribution in [-0.2, 0) is 6.54 Å². The van der Waals surface area contributed by atoms with Gasteiger partial charge in [-0.2, -0.15) is 0 Å². The highest BCUT2D eigenvalue weighted by Gasteiger charge is 2.30. The van der Waals surface area contributed by atoms with Gasteiger partial charge in [0.15, 0.2) is 0 Å². The number of nitrogens with zero attached hydrogens (tertiary/aromatic N) is 1. The van der Waals surface area contributed by atoms with Gasteiger partial charge in [-0.15, -0.1) is 0 Å². The normalized spacial score (nSPS) is 17.5. The summed E-state index contributed by atoms with van der Waals surface area (Å²) < 4.78 is 5.24. The Morgan fingerprint density at radius 2 is 2.19 bits per heavy atom. The molecule has 1 aromatic carbocycles. The van der Waals surface area contributed by atoms with E-state index in [1.807, 2.05) is 6.07 Å². The van der Waals surface area contributed by atoms with Crippen LogP contribution in [-0.4, -0.2) is 25.1 Å². The maximum Gasteiger partial charge on any atom is 0.119 e. The van der Waals surface area contributed by atoms with E-state index in [1.165, 1.54) is 18.4 Å². The van der Waals surface area contributed by atoms with Crippen LogP contribution >= 0.6 is 0 Å². The third-order valence-electron chi connectivity index (χ3n) is 3.57. The molecule has 0 aromatic heterocycles. The Bertz CT molecular complexity index is 346. The predicted molar refractivity (Wildman–Crippen MR) is 66.6 cm³/mol. The molecule has 1 unspecified atom stereocenters. The molecule has 0 saturated heterocycles. The van der Waals surface area contributed by atoms with Gasteiger partial charge < -0.3 is 4.74 Å². The van der Waals surface area contributed by atoms with Crippen LogP contribution in [0.3, 0.4) is 0 Å². The molecule has 0 amide bonds. The van der Waals surface area contributed by atoms with Crippen molar-refractivity contribution in [2.45, 2.75) is 32.4 Å². The van der Waals surface area contributed by atoms with Crippen LogP contribution in [0, 0.1) is 5.92 Å². The molecule has 1 saturated carbocycles. The Hall–Kier alpha value is -1.02. The lowest BCUT2D eigenvalue weighted by atomic mass is 10.1. The molecule has 0 N–H and O–H groups in total. The fourth-order valence-corrected chi connectivity index (χ4v) is 2.14. The van der Waals surface area contributed by atoms with Gasteiger partial charge in [-0.1, -0.05) is 12.1 Å². The molecule has 1 aromatic rings. The number of rotatable bonds is 5. The summed E-state index contributed by atoms with van der Waals surface area (Å²) >= 11 is 0. The molecule has 2 rings (SSSR count). The maximum absolute atomic E-state index is 5.24. The number of hydrogen-bond acceptors (Lipinski definition) is 2. The van der Waals surface area contributed by atoms with Gasteiger partial charge in [0.1, 0.15) is 5.75 Å². The van der Waals surface area contributed by atoms with E-state index in [2.05, 4.69) is 37.1 Å². The molecule has 0 heterocycles. The van der Waals surface area contributed by atoms with Crippen molar-refractivity contribution < 1.29 is 4.74 Å². The van der Waals surface area contributed by atoms with E-state index in [4.69, 9.17) is 4.74 Å². The summed E-state index contributed by atoms with van der Waals surface area (Å²) in [5, 5.41) is 0. The Labute approximate surface area is 98.2 Å². The van der Waals surface area contributed by atoms with Crippen molar-refractivity contribution >= 4 is 0 Å². The van der Waals surface area contributed by atoms with Gasteiger partial charge in [-0.25, -0.2) is 0 Å². The third kappa shape index (κ3) is 2.76. The molecular formula is C14H21NO. The summed E-state index contributed by atoms with van der Waals surface area (Å²) in [5.74, 6) is 1.88. The van der Waals surface area contributed by atoms with Crippen LogP contribution in [0.2, 0.25) is 0 Å². The molecule has 1 aliphatic rings. The summed E-state index contributed by atoms with van der Waals surface area (Å²) in [6.45, 7) is 3.34. The van der Waals surface area contributed by atoms with Gasteiger partial charge in [0.05, 0.1) is 7.11 Å². The van der Waals surface area contributed by atoms with Crippen molar-refractivity contribution in [3.05, 3.63) is 29.8 Å². The average molecular weight is 219 g/mol. The van der Waals surface area contributed by atoms with Crippen LogP contribution < -0.4 is 4.74 Å². The summed E-state index contributed by atoms with van der Waals surface area (Å²) in [4.78, 5) is 2.44. The van der Waals surface area contributed by atoms with Crippen molar-refractivity contribution in [2.75, 3.05) is 14.2 Å². The smallest absolute Gasteiger partial charge is 0.119 e. The maximum atomic E-state index is 5.24. The van der Waals surface area contributed by atoms with Crippen molar-refractivity contribution in [1.82, 2.24) is 4.90 Å². The quantitative estimate of drug-likeness (QED) is 0.755. The SMILES string of the molecule is COc1cccc(CN(C)C(C)C2CC2)c1. The van der Waals surface area contributed by atoms with Crippen molar-refractivity contribution in [1.29, 1.82) is 0 Å². The lowest BCUT2D eigenvalue weighted by Crippen LogP contribution is -2.30. The highest BCUT2D eigenvalue weighted by Crippen LogP contribution is 2.35. The van der Waals surface area contributed by atoms with Gasteiger partial charge in [-0.05, 0) is 50.4 Å². The molecule has 16 heavy (non-hydrogen) atoms. The van der Waals surface area contributed by atoms with Crippen LogP contribution in [0.25, 0.3) is 0 Å². The molecular weight excluding hydrogens is 198 g/mol. The zero-order chi connectivity index (χ0) is 11.5. The molecule has 0 bridgehead atoms. The second-order valence-electron chi connectivity index (χ2n) is 4.84. The van der Waals surface area contributed by atoms with Crippen molar-refractivity contribution in [3.8, 4) is 5.75 Å². The summed E-state index contributed by atoms with van der Waals surface area (Å²) in [6, 6.07) is 9.04. The van der Waals surface area contributed by atoms with Crippen LogP contribution in [0.4, 0.5) is 0 Å². The number of ether oxygens (including phenoxy) is 1. The first-order chi connectivity index (χ1) is 7.70. The topological polar surface area (TPSA) is 12.5 Å². The number of hydrogen-bond donors (Lipinski definition) is 0. The monoisotopic (exact) mass is 219 g/mol. The van der Waals surface area contributed by atoms with Gasteiger partial charge in [0, 0.05) is 12.6 Å². The largest absolute Gasteiger partial charge is 0.497 e. The lowest BCUT2D eigenvalue weighted by molar-refractivity contribution is 0.226. The predicted octanol–water partition coefficient (Wildman–Crippen LogP) is 2.93. The van der Waals surface area contributed by atoms with Crippen LogP contribution in [0.5, 0.6) is 5.75 Å². The lowest BCUT2D eigenvalue weighted by Gasteiger charge is -2.24. The first-order valence-corrected chi connectivity index (χ1v) is 6.04. The summed E-state index contributed by atoms with van der Waals surface area (Å²) in [5.41, 5.74) is 1.33. The molecule has 1 fully saturated rings. The first-order valence-electron chi connectivity index (χ1n) is 6.04. The van der Waals surface area contributed by atoms with E-state index < -0.39 is 0 Å². The van der Waals surface area contributed by atoms with E-state index in [-0.39, 0.29) is 0 Å². The second kappa shape index (κ2) is 4.88. The molecule has 0 spiro atoms. The molecule has 0 radical (unpaired) electrons. The number of benzene rings is 1. The molecule has 88 valence electrons. The van der Waals surface area contributed by atoms with Gasteiger partial charge >= 0.3 is 0 Å². The Morgan fingerprint density at radius 3 is 2.81 bits per heavy atom. The molecule has 2 nitrogen and oxygen atoms in total. The standard InChI is InChI=1S/C14H21NO/c1-11(13-7-8-13)15(2)10-12-5-4-6-14(9-12)16-3/h4-6,9,11,13H,7-8,10H2,1-3H3. The highest BCUT2D eigenvalue weighted by molar-refractivity contribution is 5.28. The molecule has 2 heteroatoms. The first kappa shape index (κ1) is 11.5. The minimum atomic E-state index is 0.700. The van der Waals surface area contributed by atoms with Crippen molar-refractivity contribution in [2.24, 2.45) is 5.92 Å². The van der Waals surface area contributed by atoms with E-state index in [0.717, 1.165) is 18.2 Å². The van der Waals surface area contributed by atoms with Gasteiger partial charge in [0.25, 0.3) is 0 Å². The Kier molecular flexibility index (Phi) is 3.49. The number of methoxy groups -OCH3 is 1. The van der Waals surface area contributed by atoms with E-state index in [9.17, 15) is 0 Å². The third-order valence-corrected chi connectivity index (χ3v) is 3.57. The van der Waals surface area contributed by atoms with E-state index in [0.29, 0.717) is 6.04 Å². The Morgan fingerprint density at radius 1 is 1.44 bits per heavy atom. The highest BCUT2D eigenvalue weighted by atomic mass is 16.5. The van der Waals surface area contributed by atoms with Crippen molar-refractivity contribution in [3.63, 3.8) is 0 Å². The van der Waals surface area contributed by atoms with Crippen LogP contribution in [0.15, 0.2) is 24.3 Å². The summed E-state index contributed by atoms with van der Waals surface area (Å²) in [6.07, 6.45) is 2.81.